The molecular formula is C52H92O11SSi3. The molecule has 0 spiro atoms. The molecule has 0 amide bonds. The summed E-state index contributed by atoms with van der Waals surface area (Å²) in [5.41, 5.74) is 2.01. The molecule has 1 aromatic rings. The van der Waals surface area contributed by atoms with Crippen molar-refractivity contribution in [3.05, 3.63) is 54.6 Å². The molecule has 0 saturated carbocycles. The fourth-order valence-electron chi connectivity index (χ4n) is 9.79. The second-order valence-corrected chi connectivity index (χ2v) is 39.4. The zero-order valence-corrected chi connectivity index (χ0v) is 48.1. The lowest BCUT2D eigenvalue weighted by Gasteiger charge is -2.42. The number of carbonyl (C=O) groups is 1. The number of ether oxygens (including phenoxy) is 4. The molecule has 0 aromatic heterocycles. The van der Waals surface area contributed by atoms with Crippen LogP contribution in [0.1, 0.15) is 121 Å². The van der Waals surface area contributed by atoms with Crippen molar-refractivity contribution in [1.29, 1.82) is 0 Å². The summed E-state index contributed by atoms with van der Waals surface area (Å²) in [4.78, 5) is 13.5. The number of sulfone groups is 1. The lowest BCUT2D eigenvalue weighted by molar-refractivity contribution is -0.139. The number of hydrogen-bond donors (Lipinski definition) is 1. The van der Waals surface area contributed by atoms with Crippen LogP contribution in [-0.4, -0.2) is 119 Å². The zero-order chi connectivity index (χ0) is 50.3. The van der Waals surface area contributed by atoms with Gasteiger partial charge in [-0.2, -0.15) is 0 Å². The molecule has 0 radical (unpaired) electrons. The predicted octanol–water partition coefficient (Wildman–Crippen LogP) is 12.2. The highest BCUT2D eigenvalue weighted by molar-refractivity contribution is 7.92. The first-order chi connectivity index (χ1) is 31.1. The molecule has 3 saturated heterocycles. The van der Waals surface area contributed by atoms with Gasteiger partial charge in [0.1, 0.15) is 0 Å². The van der Waals surface area contributed by atoms with Gasteiger partial charge in [0.05, 0.1) is 60.3 Å². The summed E-state index contributed by atoms with van der Waals surface area (Å²) in [5, 5.41) is 9.01. The summed E-state index contributed by atoms with van der Waals surface area (Å²) in [6.07, 6.45) is 2.25. The van der Waals surface area contributed by atoms with Crippen LogP contribution >= 0.6 is 0 Å². The average Bonchev–Trinajstić information content (AvgIpc) is 3.77. The van der Waals surface area contributed by atoms with Crippen molar-refractivity contribution in [3.63, 3.8) is 0 Å². The third-order valence-corrected chi connectivity index (χ3v) is 32.4. The lowest BCUT2D eigenvalue weighted by atomic mass is 9.82. The topological polar surface area (TPSA) is 136 Å². The van der Waals surface area contributed by atoms with Crippen LogP contribution in [0.3, 0.4) is 0 Å². The highest BCUT2D eigenvalue weighted by atomic mass is 32.2. The fraction of sp³-hybridized carbons (Fsp3) is 0.788. The summed E-state index contributed by atoms with van der Waals surface area (Å²) < 4.78 is 76.3. The van der Waals surface area contributed by atoms with Gasteiger partial charge in [0.15, 0.2) is 40.0 Å². The molecule has 11 atom stereocenters. The minimum absolute atomic E-state index is 0.0380. The number of rotatable bonds is 25. The fourth-order valence-corrected chi connectivity index (χ4v) is 16.7. The average molecular weight is 1010 g/mol. The van der Waals surface area contributed by atoms with Crippen LogP contribution in [0.25, 0.3) is 0 Å². The van der Waals surface area contributed by atoms with E-state index in [0.717, 1.165) is 74.4 Å². The van der Waals surface area contributed by atoms with Gasteiger partial charge in [-0.1, -0.05) is 101 Å². The van der Waals surface area contributed by atoms with Crippen molar-refractivity contribution in [3.8, 4) is 0 Å². The van der Waals surface area contributed by atoms with E-state index in [1.54, 1.807) is 18.2 Å². The van der Waals surface area contributed by atoms with Gasteiger partial charge in [0.2, 0.25) is 0 Å². The molecule has 3 heterocycles. The molecule has 2 unspecified atom stereocenters. The van der Waals surface area contributed by atoms with Crippen molar-refractivity contribution in [1.82, 2.24) is 0 Å². The van der Waals surface area contributed by atoms with Crippen molar-refractivity contribution in [2.45, 2.75) is 234 Å². The van der Waals surface area contributed by atoms with E-state index in [-0.39, 0.29) is 45.6 Å². The summed E-state index contributed by atoms with van der Waals surface area (Å²) in [6, 6.07) is 11.3. The minimum Gasteiger partial charge on any atom is -0.480 e. The van der Waals surface area contributed by atoms with E-state index < -0.39 is 82.4 Å². The van der Waals surface area contributed by atoms with E-state index in [9.17, 15) is 18.3 Å². The van der Waals surface area contributed by atoms with Crippen LogP contribution in [0.4, 0.5) is 0 Å². The van der Waals surface area contributed by atoms with Crippen LogP contribution in [0, 0.1) is 11.8 Å². The zero-order valence-electron chi connectivity index (χ0n) is 44.3. The Balaban J connectivity index is 1.60. The predicted molar refractivity (Wildman–Crippen MR) is 278 cm³/mol. The molecule has 0 aliphatic carbocycles. The van der Waals surface area contributed by atoms with Crippen LogP contribution in [-0.2, 0) is 46.9 Å². The van der Waals surface area contributed by atoms with Crippen LogP contribution in [0.5, 0.6) is 0 Å². The van der Waals surface area contributed by atoms with Gasteiger partial charge >= 0.3 is 5.97 Å². The highest BCUT2D eigenvalue weighted by Gasteiger charge is 2.57. The molecule has 4 rings (SSSR count). The van der Waals surface area contributed by atoms with Crippen molar-refractivity contribution in [2.75, 3.05) is 20.3 Å². The minimum atomic E-state index is -4.42. The lowest BCUT2D eigenvalue weighted by Crippen LogP contribution is -2.50. The maximum absolute atomic E-state index is 14.6. The van der Waals surface area contributed by atoms with Gasteiger partial charge in [0, 0.05) is 32.5 Å². The SMILES string of the molecule is C=C1C[C@H](CCCO[Si](CC)(CC)CC)O[C@H]1CC[C@H]1C[C@@H](C)C(=C)[C@@H](C[C@@H]2O[C@H](CC(CO[Si](C)(C)C(C)(C)C)O[Si](C)(C)C(C)(C)C)[C@H](OC)[C@H]2C(C(=O)O)S(=O)(=O)c2ccccc2)O1. The number of methoxy groups -OCH3 is 1. The maximum Gasteiger partial charge on any atom is 0.322 e. The molecular weight excluding hydrogens is 917 g/mol. The second-order valence-electron chi connectivity index (χ2n) is 23.0. The number of hydrogen-bond acceptors (Lipinski definition) is 10. The highest BCUT2D eigenvalue weighted by Crippen LogP contribution is 2.45. The van der Waals surface area contributed by atoms with Gasteiger partial charge < -0.3 is 37.3 Å². The Labute approximate surface area is 410 Å². The van der Waals surface area contributed by atoms with E-state index in [0.29, 0.717) is 13.0 Å². The first-order valence-electron chi connectivity index (χ1n) is 25.4. The smallest absolute Gasteiger partial charge is 0.322 e. The monoisotopic (exact) mass is 1010 g/mol. The molecule has 1 aromatic carbocycles. The van der Waals surface area contributed by atoms with Crippen LogP contribution in [0.15, 0.2) is 59.5 Å². The van der Waals surface area contributed by atoms with Crippen molar-refractivity contribution < 1.29 is 50.5 Å². The van der Waals surface area contributed by atoms with Crippen LogP contribution < -0.4 is 0 Å². The number of benzene rings is 1. The van der Waals surface area contributed by atoms with E-state index in [1.165, 1.54) is 19.2 Å². The summed E-state index contributed by atoms with van der Waals surface area (Å²) in [7, 11) is -9.11. The summed E-state index contributed by atoms with van der Waals surface area (Å²) >= 11 is 0. The third-order valence-electron chi connectivity index (χ3n) is 16.5. The van der Waals surface area contributed by atoms with Gasteiger partial charge in [-0.3, -0.25) is 4.79 Å². The Morgan fingerprint density at radius 2 is 1.43 bits per heavy atom. The molecule has 11 nitrogen and oxygen atoms in total. The molecule has 384 valence electrons. The quantitative estimate of drug-likeness (QED) is 0.0569. The maximum atomic E-state index is 14.6. The van der Waals surface area contributed by atoms with Crippen molar-refractivity contribution >= 4 is 40.8 Å². The van der Waals surface area contributed by atoms with Gasteiger partial charge in [0.25, 0.3) is 0 Å². The Hall–Kier alpha value is -1.51. The van der Waals surface area contributed by atoms with E-state index >= 15 is 0 Å². The molecule has 0 bridgehead atoms. The van der Waals surface area contributed by atoms with E-state index in [4.69, 9.17) is 32.2 Å². The molecule has 1 N–H and O–H groups in total. The Bertz CT molecular complexity index is 1870. The third kappa shape index (κ3) is 14.6. The molecule has 3 aliphatic heterocycles. The Morgan fingerprint density at radius 3 is 1.99 bits per heavy atom. The van der Waals surface area contributed by atoms with Crippen LogP contribution in [0.2, 0.25) is 54.4 Å². The van der Waals surface area contributed by atoms with Gasteiger partial charge in [-0.05, 0) is 122 Å². The number of carboxylic acids is 1. The second kappa shape index (κ2) is 23.8. The molecule has 3 fully saturated rings. The molecule has 3 aliphatic rings. The van der Waals surface area contributed by atoms with Gasteiger partial charge in [-0.15, -0.1) is 0 Å². The van der Waals surface area contributed by atoms with Crippen molar-refractivity contribution in [2.24, 2.45) is 11.8 Å². The first-order valence-corrected chi connectivity index (χ1v) is 35.3. The Kier molecular flexibility index (Phi) is 20.6. The number of aliphatic carboxylic acids is 1. The molecule has 67 heavy (non-hydrogen) atoms. The van der Waals surface area contributed by atoms with E-state index in [1.807, 2.05) is 0 Å². The normalized spacial score (nSPS) is 28.0. The molecule has 15 heteroatoms. The van der Waals surface area contributed by atoms with E-state index in [2.05, 4.69) is 109 Å². The first kappa shape index (κ1) is 58.1. The summed E-state index contributed by atoms with van der Waals surface area (Å²) in [5.74, 6) is -2.42. The largest absolute Gasteiger partial charge is 0.480 e. The summed E-state index contributed by atoms with van der Waals surface area (Å²) in [6.45, 7) is 41.0. The standard InChI is InChI=1S/C52H92O11SSi3/c1-18-67(19-2,20-3)58-30-24-25-39-32-37(5)43(60-39)29-28-40-31-36(4)38(6)44(61-40)34-45-47(49(50(53)54)64(55,56)42-26-22-21-23-27-42)48(57-13)46(62-45)33-41(63-66(16,17)52(10,11)12)35-59-65(14,15)51(7,8)9/h21-23,26-27,36,39-41,43-49H,5-6,18-20,24-25,28-35H2,1-4,7-17H3,(H,53,54)/t36-,39+,40+,41?,43+,44-,45+,46-,47+,48+,49?/m1/s1. The van der Waals surface area contributed by atoms with Gasteiger partial charge in [-0.25, -0.2) is 8.42 Å². The Morgan fingerprint density at radius 1 is 0.836 bits per heavy atom. The number of carboxylic acid groups (broad SMARTS) is 1.